The van der Waals surface area contributed by atoms with Gasteiger partial charge in [0.2, 0.25) is 0 Å². The maximum Gasteiger partial charge on any atom is 0.356 e. The Kier molecular flexibility index (Phi) is 3.58. The SMILES string of the molecule is Cc1ccc2c(c1)c1cc(C)ccc1n2-c1ccc(P(=O)(O)O)cc1. The fourth-order valence-electron chi connectivity index (χ4n) is 3.33. The van der Waals surface area contributed by atoms with Crippen molar-refractivity contribution in [2.24, 2.45) is 0 Å². The fraction of sp³-hybridized carbons (Fsp3) is 0.100. The average molecular weight is 351 g/mol. The number of rotatable bonds is 2. The second-order valence-electron chi connectivity index (χ2n) is 6.44. The third kappa shape index (κ3) is 2.69. The van der Waals surface area contributed by atoms with E-state index in [-0.39, 0.29) is 5.30 Å². The standard InChI is InChI=1S/C20H18NO3P/c1-13-3-9-19-17(11-13)18-12-14(2)4-10-20(18)21(19)15-5-7-16(8-6-15)25(22,23)24/h3-12H,1-2H3,(H2,22,23,24). The lowest BCUT2D eigenvalue weighted by Crippen LogP contribution is -2.04. The Morgan fingerprint density at radius 2 is 1.24 bits per heavy atom. The molecule has 2 N–H and O–H groups in total. The lowest BCUT2D eigenvalue weighted by molar-refractivity contribution is 0.387. The third-order valence-electron chi connectivity index (χ3n) is 4.52. The summed E-state index contributed by atoms with van der Waals surface area (Å²) in [5.41, 5.74) is 5.44. The Bertz CT molecular complexity index is 1090. The summed E-state index contributed by atoms with van der Waals surface area (Å²) in [6, 6.07) is 19.2. The summed E-state index contributed by atoms with van der Waals surface area (Å²) in [5, 5.41) is 2.39. The molecule has 4 nitrogen and oxygen atoms in total. The van der Waals surface area contributed by atoms with E-state index >= 15 is 0 Å². The van der Waals surface area contributed by atoms with Gasteiger partial charge in [-0.25, -0.2) is 0 Å². The number of nitrogens with zero attached hydrogens (tertiary/aromatic N) is 1. The molecule has 1 aromatic heterocycles. The number of aromatic nitrogens is 1. The summed E-state index contributed by atoms with van der Waals surface area (Å²) in [6.07, 6.45) is 0. The van der Waals surface area contributed by atoms with Crippen molar-refractivity contribution in [3.8, 4) is 5.69 Å². The summed E-state index contributed by atoms with van der Waals surface area (Å²) >= 11 is 0. The number of hydrogen-bond acceptors (Lipinski definition) is 1. The summed E-state index contributed by atoms with van der Waals surface area (Å²) in [5.74, 6) is 0. The molecule has 0 aliphatic carbocycles. The molecule has 0 saturated carbocycles. The highest BCUT2D eigenvalue weighted by Gasteiger charge is 2.17. The van der Waals surface area contributed by atoms with Crippen LogP contribution in [0.4, 0.5) is 0 Å². The van der Waals surface area contributed by atoms with E-state index in [1.807, 2.05) is 0 Å². The fourth-order valence-corrected chi connectivity index (χ4v) is 3.86. The first-order chi connectivity index (χ1) is 11.8. The van der Waals surface area contributed by atoms with Gasteiger partial charge in [0, 0.05) is 16.5 Å². The van der Waals surface area contributed by atoms with Crippen molar-refractivity contribution >= 4 is 34.7 Å². The largest absolute Gasteiger partial charge is 0.356 e. The molecule has 1 heterocycles. The highest BCUT2D eigenvalue weighted by molar-refractivity contribution is 7.60. The van der Waals surface area contributed by atoms with Crippen LogP contribution in [0.3, 0.4) is 0 Å². The van der Waals surface area contributed by atoms with Gasteiger partial charge >= 0.3 is 7.60 Å². The molecule has 126 valence electrons. The van der Waals surface area contributed by atoms with E-state index in [1.165, 1.54) is 34.0 Å². The van der Waals surface area contributed by atoms with Crippen LogP contribution in [0.15, 0.2) is 60.7 Å². The van der Waals surface area contributed by atoms with Crippen LogP contribution in [0.2, 0.25) is 0 Å². The van der Waals surface area contributed by atoms with Crippen LogP contribution in [-0.4, -0.2) is 14.4 Å². The molecule has 0 fully saturated rings. The normalized spacial score (nSPS) is 12.2. The number of aryl methyl sites for hydroxylation is 2. The van der Waals surface area contributed by atoms with Crippen LogP contribution >= 0.6 is 7.60 Å². The Morgan fingerprint density at radius 3 is 1.68 bits per heavy atom. The molecular formula is C20H18NO3P. The Hall–Kier alpha value is -2.39. The third-order valence-corrected chi connectivity index (χ3v) is 5.49. The van der Waals surface area contributed by atoms with Gasteiger partial charge in [-0.15, -0.1) is 0 Å². The maximum atomic E-state index is 11.4. The lowest BCUT2D eigenvalue weighted by atomic mass is 10.1. The van der Waals surface area contributed by atoms with E-state index in [2.05, 4.69) is 54.8 Å². The highest BCUT2D eigenvalue weighted by Crippen LogP contribution is 2.35. The van der Waals surface area contributed by atoms with Gasteiger partial charge in [0.15, 0.2) is 0 Å². The minimum absolute atomic E-state index is 0.0312. The van der Waals surface area contributed by atoms with Crippen LogP contribution in [-0.2, 0) is 4.57 Å². The zero-order chi connectivity index (χ0) is 17.8. The summed E-state index contributed by atoms with van der Waals surface area (Å²) < 4.78 is 13.5. The van der Waals surface area contributed by atoms with Gasteiger partial charge in [-0.3, -0.25) is 4.57 Å². The molecule has 0 spiro atoms. The minimum atomic E-state index is -4.23. The van der Waals surface area contributed by atoms with Crippen LogP contribution in [0.5, 0.6) is 0 Å². The van der Waals surface area contributed by atoms with Gasteiger partial charge in [0.05, 0.1) is 16.3 Å². The van der Waals surface area contributed by atoms with Crippen molar-refractivity contribution in [3.05, 3.63) is 71.8 Å². The predicted molar refractivity (Wildman–Crippen MR) is 102 cm³/mol. The molecule has 5 heteroatoms. The van der Waals surface area contributed by atoms with Gasteiger partial charge in [0.25, 0.3) is 0 Å². The van der Waals surface area contributed by atoms with E-state index in [4.69, 9.17) is 0 Å². The first kappa shape index (κ1) is 16.1. The van der Waals surface area contributed by atoms with E-state index in [1.54, 1.807) is 12.1 Å². The highest BCUT2D eigenvalue weighted by atomic mass is 31.2. The van der Waals surface area contributed by atoms with E-state index in [9.17, 15) is 14.4 Å². The van der Waals surface area contributed by atoms with Gasteiger partial charge in [-0.1, -0.05) is 23.3 Å². The zero-order valence-electron chi connectivity index (χ0n) is 14.0. The van der Waals surface area contributed by atoms with E-state index in [0.29, 0.717) is 0 Å². The molecule has 4 rings (SSSR count). The summed E-state index contributed by atoms with van der Waals surface area (Å²) in [7, 11) is -4.23. The van der Waals surface area contributed by atoms with Crippen molar-refractivity contribution in [1.82, 2.24) is 4.57 Å². The quantitative estimate of drug-likeness (QED) is 0.532. The summed E-state index contributed by atoms with van der Waals surface area (Å²) in [4.78, 5) is 18.6. The molecular weight excluding hydrogens is 333 g/mol. The van der Waals surface area contributed by atoms with Crippen molar-refractivity contribution < 1.29 is 14.4 Å². The zero-order valence-corrected chi connectivity index (χ0v) is 14.9. The molecule has 25 heavy (non-hydrogen) atoms. The topological polar surface area (TPSA) is 62.5 Å². The second-order valence-corrected chi connectivity index (χ2v) is 8.04. The molecule has 0 atom stereocenters. The van der Waals surface area contributed by atoms with Crippen LogP contribution in [0, 0.1) is 13.8 Å². The number of benzene rings is 3. The second kappa shape index (κ2) is 5.57. The van der Waals surface area contributed by atoms with Gasteiger partial charge in [-0.2, -0.15) is 0 Å². The van der Waals surface area contributed by atoms with Gasteiger partial charge in [0.1, 0.15) is 0 Å². The smallest absolute Gasteiger partial charge is 0.321 e. The van der Waals surface area contributed by atoms with E-state index in [0.717, 1.165) is 16.7 Å². The van der Waals surface area contributed by atoms with Crippen molar-refractivity contribution in [1.29, 1.82) is 0 Å². The Morgan fingerprint density at radius 1 is 0.760 bits per heavy atom. The van der Waals surface area contributed by atoms with Crippen molar-refractivity contribution in [3.63, 3.8) is 0 Å². The minimum Gasteiger partial charge on any atom is -0.321 e. The van der Waals surface area contributed by atoms with Crippen molar-refractivity contribution in [2.45, 2.75) is 13.8 Å². The average Bonchev–Trinajstić information content (AvgIpc) is 2.87. The molecule has 0 aliphatic heterocycles. The molecule has 0 unspecified atom stereocenters. The molecule has 0 radical (unpaired) electrons. The first-order valence-electron chi connectivity index (χ1n) is 8.02. The molecule has 0 aliphatic rings. The number of hydrogen-bond donors (Lipinski definition) is 2. The Labute approximate surface area is 145 Å². The van der Waals surface area contributed by atoms with Crippen LogP contribution < -0.4 is 5.30 Å². The first-order valence-corrected chi connectivity index (χ1v) is 9.64. The Balaban J connectivity index is 2.04. The molecule has 0 bridgehead atoms. The lowest BCUT2D eigenvalue weighted by Gasteiger charge is -2.10. The van der Waals surface area contributed by atoms with E-state index < -0.39 is 7.60 Å². The monoisotopic (exact) mass is 351 g/mol. The van der Waals surface area contributed by atoms with Gasteiger partial charge < -0.3 is 14.4 Å². The van der Waals surface area contributed by atoms with Gasteiger partial charge in [-0.05, 0) is 62.4 Å². The maximum absolute atomic E-state index is 11.4. The predicted octanol–water partition coefficient (Wildman–Crippen LogP) is 4.20. The van der Waals surface area contributed by atoms with Crippen LogP contribution in [0.25, 0.3) is 27.5 Å². The molecule has 0 saturated heterocycles. The molecule has 4 aromatic rings. The van der Waals surface area contributed by atoms with Crippen molar-refractivity contribution in [2.75, 3.05) is 0 Å². The van der Waals surface area contributed by atoms with Crippen LogP contribution in [0.1, 0.15) is 11.1 Å². The molecule has 0 amide bonds. The summed E-state index contributed by atoms with van der Waals surface area (Å²) in [6.45, 7) is 4.15. The molecule has 3 aromatic carbocycles. The number of fused-ring (bicyclic) bond motifs is 3.